The quantitative estimate of drug-likeness (QED) is 0.334. The molecular weight excluding hydrogens is 555 g/mol. The van der Waals surface area contributed by atoms with Crippen LogP contribution in [0.1, 0.15) is 34.7 Å². The Morgan fingerprint density at radius 2 is 1.81 bits per heavy atom. The molecule has 2 aliphatic rings. The monoisotopic (exact) mass is 576 g/mol. The van der Waals surface area contributed by atoms with Crippen molar-refractivity contribution >= 4 is 39.0 Å². The Morgan fingerprint density at radius 3 is 2.57 bits per heavy atom. The molecule has 6 rings (SSSR count). The predicted octanol–water partition coefficient (Wildman–Crippen LogP) is 5.24. The van der Waals surface area contributed by atoms with Crippen LogP contribution < -0.4 is 24.4 Å². The number of nitrogens with zero attached hydrogens (tertiary/aromatic N) is 2. The number of methoxy groups -OCH3 is 2. The molecule has 0 fully saturated rings. The second kappa shape index (κ2) is 9.43. The van der Waals surface area contributed by atoms with E-state index in [4.69, 9.17) is 14.5 Å². The number of allylic oxidation sites excluding steroid dienone is 1. The van der Waals surface area contributed by atoms with Crippen molar-refractivity contribution in [2.24, 2.45) is 4.99 Å². The van der Waals surface area contributed by atoms with Gasteiger partial charge in [-0.25, -0.2) is 9.38 Å². The van der Waals surface area contributed by atoms with Gasteiger partial charge < -0.3 is 9.47 Å². The van der Waals surface area contributed by atoms with Crippen LogP contribution in [-0.4, -0.2) is 18.8 Å². The van der Waals surface area contributed by atoms with Gasteiger partial charge in [-0.15, -0.1) is 0 Å². The highest BCUT2D eigenvalue weighted by atomic mass is 79.9. The molecule has 8 heteroatoms. The van der Waals surface area contributed by atoms with Crippen LogP contribution in [0.4, 0.5) is 4.39 Å². The van der Waals surface area contributed by atoms with Crippen LogP contribution in [0.15, 0.2) is 80.5 Å². The van der Waals surface area contributed by atoms with E-state index >= 15 is 0 Å². The van der Waals surface area contributed by atoms with E-state index in [9.17, 15) is 9.18 Å². The van der Waals surface area contributed by atoms with Gasteiger partial charge in [-0.2, -0.15) is 0 Å². The van der Waals surface area contributed by atoms with Crippen molar-refractivity contribution in [2.75, 3.05) is 14.2 Å². The number of thiazole rings is 1. The molecule has 3 aromatic carbocycles. The molecule has 0 unspecified atom stereocenters. The average Bonchev–Trinajstić information content (AvgIpc) is 3.22. The van der Waals surface area contributed by atoms with Crippen LogP contribution in [0, 0.1) is 5.82 Å². The lowest BCUT2D eigenvalue weighted by Gasteiger charge is -2.30. The number of aromatic nitrogens is 1. The SMILES string of the molecule is COc1cc(OC)c(/C=c2/sc3n(c2=O)[C@@H](c2ccc(F)cc2)C2=C(N=3)c3ccccc3CC2)cc1Br. The molecule has 186 valence electrons. The summed E-state index contributed by atoms with van der Waals surface area (Å²) in [6, 6.07) is 18.0. The van der Waals surface area contributed by atoms with Crippen molar-refractivity contribution < 1.29 is 13.9 Å². The minimum Gasteiger partial charge on any atom is -0.496 e. The van der Waals surface area contributed by atoms with Crippen LogP contribution in [0.5, 0.6) is 11.5 Å². The maximum Gasteiger partial charge on any atom is 0.271 e. The Hall–Kier alpha value is -3.49. The minimum absolute atomic E-state index is 0.141. The van der Waals surface area contributed by atoms with Crippen molar-refractivity contribution in [2.45, 2.75) is 18.9 Å². The van der Waals surface area contributed by atoms with E-state index in [1.165, 1.54) is 29.0 Å². The minimum atomic E-state index is -0.355. The summed E-state index contributed by atoms with van der Waals surface area (Å²) >= 11 is 4.87. The van der Waals surface area contributed by atoms with E-state index in [0.29, 0.717) is 20.8 Å². The molecule has 4 aromatic rings. The highest BCUT2D eigenvalue weighted by molar-refractivity contribution is 9.10. The van der Waals surface area contributed by atoms with Crippen LogP contribution >= 0.6 is 27.3 Å². The Morgan fingerprint density at radius 1 is 1.05 bits per heavy atom. The first-order valence-electron chi connectivity index (χ1n) is 11.8. The van der Waals surface area contributed by atoms with Gasteiger partial charge in [0.25, 0.3) is 5.56 Å². The molecule has 0 bridgehead atoms. The van der Waals surface area contributed by atoms with Crippen LogP contribution in [-0.2, 0) is 6.42 Å². The normalized spacial score (nSPS) is 16.5. The van der Waals surface area contributed by atoms with E-state index in [1.807, 2.05) is 24.3 Å². The number of rotatable bonds is 4. The Labute approximate surface area is 225 Å². The van der Waals surface area contributed by atoms with Gasteiger partial charge in [0, 0.05) is 17.2 Å². The highest BCUT2D eigenvalue weighted by Crippen LogP contribution is 2.41. The van der Waals surface area contributed by atoms with E-state index in [0.717, 1.165) is 45.3 Å². The standard InChI is InChI=1S/C29H22BrFN2O3S/c1-35-23-15-24(36-2)22(30)13-18(23)14-25-28(34)33-27(17-7-10-19(31)11-8-17)21-12-9-16-5-3-4-6-20(16)26(21)32-29(33)37-25/h3-8,10-11,13-15,27H,9,12H2,1-2H3/b25-14+/t27-/m0/s1. The zero-order chi connectivity index (χ0) is 25.7. The third kappa shape index (κ3) is 4.04. The first-order valence-corrected chi connectivity index (χ1v) is 13.4. The molecule has 0 radical (unpaired) electrons. The maximum atomic E-state index is 13.9. The molecular formula is C29H22BrFN2O3S. The van der Waals surface area contributed by atoms with Crippen molar-refractivity contribution in [3.8, 4) is 11.5 Å². The highest BCUT2D eigenvalue weighted by Gasteiger charge is 2.32. The second-order valence-corrected chi connectivity index (χ2v) is 10.8. The van der Waals surface area contributed by atoms with Crippen molar-refractivity contribution in [3.05, 3.63) is 118 Å². The van der Waals surface area contributed by atoms with Gasteiger partial charge in [0.15, 0.2) is 4.80 Å². The summed E-state index contributed by atoms with van der Waals surface area (Å²) in [5.41, 5.74) is 5.79. The number of hydrogen-bond acceptors (Lipinski definition) is 5. The van der Waals surface area contributed by atoms with Gasteiger partial charge in [0.2, 0.25) is 0 Å². The molecule has 37 heavy (non-hydrogen) atoms. The molecule has 1 atom stereocenters. The number of fused-ring (bicyclic) bond motifs is 3. The van der Waals surface area contributed by atoms with Crippen LogP contribution in [0.25, 0.3) is 11.8 Å². The Kier molecular flexibility index (Phi) is 6.09. The first-order chi connectivity index (χ1) is 18.0. The second-order valence-electron chi connectivity index (χ2n) is 8.89. The number of hydrogen-bond donors (Lipinski definition) is 0. The lowest BCUT2D eigenvalue weighted by atomic mass is 9.83. The number of halogens is 2. The molecule has 1 aliphatic carbocycles. The molecule has 0 saturated heterocycles. The molecule has 0 saturated carbocycles. The van der Waals surface area contributed by atoms with Crippen LogP contribution in [0.3, 0.4) is 0 Å². The predicted molar refractivity (Wildman–Crippen MR) is 146 cm³/mol. The third-order valence-electron chi connectivity index (χ3n) is 6.85. The van der Waals surface area contributed by atoms with Gasteiger partial charge in [-0.3, -0.25) is 9.36 Å². The van der Waals surface area contributed by atoms with E-state index in [-0.39, 0.29) is 17.4 Å². The fraction of sp³-hybridized carbons (Fsp3) is 0.172. The number of benzene rings is 3. The summed E-state index contributed by atoms with van der Waals surface area (Å²) in [5, 5.41) is 0. The molecule has 1 aromatic heterocycles. The fourth-order valence-electron chi connectivity index (χ4n) is 5.10. The molecule has 1 aliphatic heterocycles. The third-order valence-corrected chi connectivity index (χ3v) is 8.45. The summed E-state index contributed by atoms with van der Waals surface area (Å²) in [5.74, 6) is 0.920. The van der Waals surface area contributed by atoms with Crippen molar-refractivity contribution in [1.82, 2.24) is 4.57 Å². The van der Waals surface area contributed by atoms with Gasteiger partial charge in [0.1, 0.15) is 17.3 Å². The number of aryl methyl sites for hydroxylation is 1. The lowest BCUT2D eigenvalue weighted by molar-refractivity contribution is 0.392. The first kappa shape index (κ1) is 23.9. The van der Waals surface area contributed by atoms with E-state index in [1.54, 1.807) is 37.0 Å². The van der Waals surface area contributed by atoms with Crippen molar-refractivity contribution in [3.63, 3.8) is 0 Å². The van der Waals surface area contributed by atoms with Gasteiger partial charge in [0.05, 0.1) is 35.0 Å². The summed E-state index contributed by atoms with van der Waals surface area (Å²) in [6.07, 6.45) is 3.47. The van der Waals surface area contributed by atoms with Crippen molar-refractivity contribution in [1.29, 1.82) is 0 Å². The summed E-state index contributed by atoms with van der Waals surface area (Å²) in [4.78, 5) is 19.5. The molecule has 5 nitrogen and oxygen atoms in total. The van der Waals surface area contributed by atoms with Gasteiger partial charge in [-0.1, -0.05) is 47.7 Å². The summed E-state index contributed by atoms with van der Waals surface area (Å²) < 4.78 is 27.8. The fourth-order valence-corrected chi connectivity index (χ4v) is 6.62. The lowest BCUT2D eigenvalue weighted by Crippen LogP contribution is -2.38. The topological polar surface area (TPSA) is 52.8 Å². The van der Waals surface area contributed by atoms with Gasteiger partial charge >= 0.3 is 0 Å². The maximum absolute atomic E-state index is 13.9. The molecule has 0 spiro atoms. The zero-order valence-corrected chi connectivity index (χ0v) is 22.5. The van der Waals surface area contributed by atoms with E-state index < -0.39 is 0 Å². The van der Waals surface area contributed by atoms with Gasteiger partial charge in [-0.05, 0) is 69.7 Å². The van der Waals surface area contributed by atoms with Crippen LogP contribution in [0.2, 0.25) is 0 Å². The Bertz CT molecular complexity index is 1760. The summed E-state index contributed by atoms with van der Waals surface area (Å²) in [7, 11) is 3.17. The molecule has 0 amide bonds. The molecule has 0 N–H and O–H groups in total. The average molecular weight is 577 g/mol. The van der Waals surface area contributed by atoms with E-state index in [2.05, 4.69) is 28.1 Å². The zero-order valence-electron chi connectivity index (χ0n) is 20.1. The smallest absolute Gasteiger partial charge is 0.271 e. The summed E-state index contributed by atoms with van der Waals surface area (Å²) in [6.45, 7) is 0. The Balaban J connectivity index is 1.61. The molecule has 2 heterocycles. The largest absolute Gasteiger partial charge is 0.496 e. The number of ether oxygens (including phenoxy) is 2.